The Hall–Kier alpha value is -2.67. The number of halogens is 1. The molecule has 3 aromatic rings. The van der Waals surface area contributed by atoms with E-state index in [0.29, 0.717) is 31.2 Å². The number of nitrogens with zero attached hydrogens (tertiary/aromatic N) is 2. The number of alkyl halides is 1. The van der Waals surface area contributed by atoms with Crippen LogP contribution in [0.4, 0.5) is 0 Å². The molecule has 6 nitrogen and oxygen atoms in total. The molecule has 2 aromatic heterocycles. The molecule has 7 heteroatoms. The van der Waals surface area contributed by atoms with E-state index in [2.05, 4.69) is 25.9 Å². The van der Waals surface area contributed by atoms with Crippen LogP contribution in [0.15, 0.2) is 53.1 Å². The minimum Gasteiger partial charge on any atom is -0.477 e. The first-order valence-electron chi connectivity index (χ1n) is 8.88. The van der Waals surface area contributed by atoms with Gasteiger partial charge in [-0.15, -0.1) is 0 Å². The van der Waals surface area contributed by atoms with Gasteiger partial charge in [0, 0.05) is 24.2 Å². The molecule has 0 fully saturated rings. The van der Waals surface area contributed by atoms with E-state index in [0.717, 1.165) is 22.6 Å². The minimum absolute atomic E-state index is 0.307. The molecule has 146 valence electrons. The van der Waals surface area contributed by atoms with Crippen molar-refractivity contribution < 1.29 is 18.7 Å². The number of carbonyl (C=O) groups excluding carboxylic acids is 1. The Morgan fingerprint density at radius 2 is 2.00 bits per heavy atom. The number of esters is 1. The Kier molecular flexibility index (Phi) is 6.81. The highest BCUT2D eigenvalue weighted by Gasteiger charge is 2.16. The zero-order valence-corrected chi connectivity index (χ0v) is 17.3. The second-order valence-electron chi connectivity index (χ2n) is 6.19. The molecule has 0 aliphatic heterocycles. The number of aryl methyl sites for hydroxylation is 1. The molecule has 0 spiro atoms. The predicted molar refractivity (Wildman–Crippen MR) is 109 cm³/mol. The predicted octanol–water partition coefficient (Wildman–Crippen LogP) is 4.15. The largest absolute Gasteiger partial charge is 0.477 e. The maximum atomic E-state index is 11.5. The standard InChI is InChI=1S/C21H21BrN2O4/c1-14-18(24-20(28-14)16-6-4-3-5-7-16)10-11-27-19-9-8-15(13-23-19)12-17(22)21(25)26-2/h3-9,13,17H,10-12H2,1-2H3. The van der Waals surface area contributed by atoms with Crippen LogP contribution < -0.4 is 4.74 Å². The van der Waals surface area contributed by atoms with Gasteiger partial charge in [-0.05, 0) is 31.0 Å². The van der Waals surface area contributed by atoms with Crippen LogP contribution in [0.2, 0.25) is 0 Å². The molecule has 3 rings (SSSR count). The number of benzene rings is 1. The molecule has 0 saturated carbocycles. The molecule has 0 bridgehead atoms. The molecule has 0 aliphatic rings. The van der Waals surface area contributed by atoms with Crippen molar-refractivity contribution in [3.8, 4) is 17.3 Å². The molecule has 0 saturated heterocycles. The molecule has 0 radical (unpaired) electrons. The van der Waals surface area contributed by atoms with Crippen molar-refractivity contribution in [2.75, 3.05) is 13.7 Å². The fourth-order valence-corrected chi connectivity index (χ4v) is 3.21. The minimum atomic E-state index is -0.389. The topological polar surface area (TPSA) is 74.5 Å². The Balaban J connectivity index is 1.53. The summed E-state index contributed by atoms with van der Waals surface area (Å²) in [5, 5.41) is 0. The maximum absolute atomic E-state index is 11.5. The monoisotopic (exact) mass is 444 g/mol. The third-order valence-electron chi connectivity index (χ3n) is 4.17. The molecule has 1 atom stereocenters. The molecule has 0 amide bonds. The number of aromatic nitrogens is 2. The number of hydrogen-bond donors (Lipinski definition) is 0. The van der Waals surface area contributed by atoms with Crippen LogP contribution in [0.1, 0.15) is 17.0 Å². The maximum Gasteiger partial charge on any atom is 0.319 e. The average molecular weight is 445 g/mol. The Labute approximate surface area is 172 Å². The van der Waals surface area contributed by atoms with E-state index in [4.69, 9.17) is 13.9 Å². The highest BCUT2D eigenvalue weighted by molar-refractivity contribution is 9.10. The van der Waals surface area contributed by atoms with E-state index in [1.54, 1.807) is 12.3 Å². The Morgan fingerprint density at radius 1 is 1.21 bits per heavy atom. The summed E-state index contributed by atoms with van der Waals surface area (Å²) in [7, 11) is 1.37. The molecule has 0 N–H and O–H groups in total. The van der Waals surface area contributed by atoms with Gasteiger partial charge in [-0.25, -0.2) is 9.97 Å². The number of carbonyl (C=O) groups is 1. The van der Waals surface area contributed by atoms with E-state index >= 15 is 0 Å². The first kappa shape index (κ1) is 20.1. The third kappa shape index (κ3) is 5.19. The summed E-state index contributed by atoms with van der Waals surface area (Å²) in [5.41, 5.74) is 2.74. The second kappa shape index (κ2) is 9.50. The number of oxazole rings is 1. The number of hydrogen-bond acceptors (Lipinski definition) is 6. The zero-order chi connectivity index (χ0) is 19.9. The van der Waals surface area contributed by atoms with Crippen LogP contribution in [0.25, 0.3) is 11.5 Å². The lowest BCUT2D eigenvalue weighted by molar-refractivity contribution is -0.139. The summed E-state index contributed by atoms with van der Waals surface area (Å²) >= 11 is 3.30. The van der Waals surface area contributed by atoms with Crippen LogP contribution in [-0.2, 0) is 22.4 Å². The van der Waals surface area contributed by atoms with Gasteiger partial charge >= 0.3 is 5.97 Å². The van der Waals surface area contributed by atoms with E-state index in [1.165, 1.54) is 7.11 Å². The van der Waals surface area contributed by atoms with Crippen LogP contribution >= 0.6 is 15.9 Å². The van der Waals surface area contributed by atoms with Gasteiger partial charge in [0.2, 0.25) is 11.8 Å². The van der Waals surface area contributed by atoms with Crippen molar-refractivity contribution in [2.24, 2.45) is 0 Å². The molecular formula is C21H21BrN2O4. The van der Waals surface area contributed by atoms with Crippen molar-refractivity contribution >= 4 is 21.9 Å². The molecule has 1 aromatic carbocycles. The van der Waals surface area contributed by atoms with Gasteiger partial charge in [-0.3, -0.25) is 4.79 Å². The summed E-state index contributed by atoms with van der Waals surface area (Å²) in [4.78, 5) is 19.9. The molecule has 1 unspecified atom stereocenters. The van der Waals surface area contributed by atoms with Crippen molar-refractivity contribution in [1.29, 1.82) is 0 Å². The number of methoxy groups -OCH3 is 1. The van der Waals surface area contributed by atoms with Crippen LogP contribution in [0, 0.1) is 6.92 Å². The molecular weight excluding hydrogens is 424 g/mol. The summed E-state index contributed by atoms with van der Waals surface area (Å²) in [6.45, 7) is 2.34. The van der Waals surface area contributed by atoms with Gasteiger partial charge in [0.05, 0.1) is 19.4 Å². The Morgan fingerprint density at radius 3 is 2.68 bits per heavy atom. The van der Waals surface area contributed by atoms with Gasteiger partial charge in [0.25, 0.3) is 0 Å². The van der Waals surface area contributed by atoms with Crippen molar-refractivity contribution in [3.05, 3.63) is 65.7 Å². The lowest BCUT2D eigenvalue weighted by atomic mass is 10.1. The number of pyridine rings is 1. The summed E-state index contributed by atoms with van der Waals surface area (Å²) in [5.74, 6) is 1.62. The summed E-state index contributed by atoms with van der Waals surface area (Å²) in [6, 6.07) is 13.5. The number of rotatable bonds is 8. The third-order valence-corrected chi connectivity index (χ3v) is 4.87. The van der Waals surface area contributed by atoms with Crippen LogP contribution in [0.5, 0.6) is 5.88 Å². The van der Waals surface area contributed by atoms with E-state index < -0.39 is 0 Å². The van der Waals surface area contributed by atoms with Crippen LogP contribution in [-0.4, -0.2) is 34.5 Å². The number of ether oxygens (including phenoxy) is 2. The lowest BCUT2D eigenvalue weighted by Gasteiger charge is -2.08. The van der Waals surface area contributed by atoms with E-state index in [-0.39, 0.29) is 10.8 Å². The summed E-state index contributed by atoms with van der Waals surface area (Å²) < 4.78 is 16.2. The molecule has 28 heavy (non-hydrogen) atoms. The lowest BCUT2D eigenvalue weighted by Crippen LogP contribution is -2.18. The summed E-state index contributed by atoms with van der Waals surface area (Å²) in [6.07, 6.45) is 2.82. The van der Waals surface area contributed by atoms with Crippen molar-refractivity contribution in [1.82, 2.24) is 9.97 Å². The van der Waals surface area contributed by atoms with E-state index in [9.17, 15) is 4.79 Å². The second-order valence-corrected chi connectivity index (χ2v) is 7.29. The normalized spacial score (nSPS) is 11.8. The average Bonchev–Trinajstić information content (AvgIpc) is 3.10. The van der Waals surface area contributed by atoms with E-state index in [1.807, 2.05) is 43.3 Å². The van der Waals surface area contributed by atoms with Gasteiger partial charge in [0.1, 0.15) is 10.6 Å². The Bertz CT molecular complexity index is 910. The van der Waals surface area contributed by atoms with Gasteiger partial charge in [-0.2, -0.15) is 0 Å². The first-order valence-corrected chi connectivity index (χ1v) is 9.79. The highest BCUT2D eigenvalue weighted by Crippen LogP contribution is 2.22. The van der Waals surface area contributed by atoms with Crippen LogP contribution in [0.3, 0.4) is 0 Å². The fraction of sp³-hybridized carbons (Fsp3) is 0.286. The quantitative estimate of drug-likeness (QED) is 0.383. The van der Waals surface area contributed by atoms with Gasteiger partial charge < -0.3 is 13.9 Å². The highest BCUT2D eigenvalue weighted by atomic mass is 79.9. The molecule has 0 aliphatic carbocycles. The molecule has 2 heterocycles. The SMILES string of the molecule is COC(=O)C(Br)Cc1ccc(OCCc2nc(-c3ccccc3)oc2C)nc1. The smallest absolute Gasteiger partial charge is 0.319 e. The van der Waals surface area contributed by atoms with Gasteiger partial charge in [-0.1, -0.05) is 40.2 Å². The zero-order valence-electron chi connectivity index (χ0n) is 15.7. The first-order chi connectivity index (χ1) is 13.6. The van der Waals surface area contributed by atoms with Crippen molar-refractivity contribution in [3.63, 3.8) is 0 Å². The fourth-order valence-electron chi connectivity index (χ4n) is 2.65. The van der Waals surface area contributed by atoms with Gasteiger partial charge in [0.15, 0.2) is 0 Å². The van der Waals surface area contributed by atoms with Crippen molar-refractivity contribution in [2.45, 2.75) is 24.6 Å².